The molecule has 1 aliphatic rings. The molecule has 2 nitrogen and oxygen atoms in total. The van der Waals surface area contributed by atoms with Gasteiger partial charge < -0.3 is 9.47 Å². The van der Waals surface area contributed by atoms with Crippen LogP contribution in [0.5, 0.6) is 0 Å². The van der Waals surface area contributed by atoms with Crippen molar-refractivity contribution in [3.63, 3.8) is 0 Å². The Morgan fingerprint density at radius 2 is 0.886 bits per heavy atom. The fourth-order valence-electron chi connectivity index (χ4n) is 11.6. The Morgan fingerprint density at radius 1 is 0.357 bits per heavy atom. The summed E-state index contributed by atoms with van der Waals surface area (Å²) in [4.78, 5) is 2.44. The third kappa shape index (κ3) is 6.12. The quantitative estimate of drug-likeness (QED) is 0.147. The van der Waals surface area contributed by atoms with Crippen LogP contribution in [0.2, 0.25) is 0 Å². The molecule has 14 rings (SSSR count). The Bertz CT molecular complexity index is 4040. The molecule has 0 N–H and O–H groups in total. The molecule has 70 heavy (non-hydrogen) atoms. The van der Waals surface area contributed by atoms with Crippen LogP contribution in [0.4, 0.5) is 17.1 Å². The summed E-state index contributed by atoms with van der Waals surface area (Å²) in [6.45, 7) is 0. The van der Waals surface area contributed by atoms with Gasteiger partial charge in [-0.3, -0.25) is 0 Å². The van der Waals surface area contributed by atoms with Crippen LogP contribution < -0.4 is 4.90 Å². The van der Waals surface area contributed by atoms with Gasteiger partial charge in [0.1, 0.15) is 0 Å². The van der Waals surface area contributed by atoms with Gasteiger partial charge in [0.15, 0.2) is 0 Å². The first-order valence-electron chi connectivity index (χ1n) is 24.1. The Hall–Kier alpha value is -8.76. The van der Waals surface area contributed by atoms with Crippen LogP contribution in [0.15, 0.2) is 267 Å². The molecule has 11 aromatic carbocycles. The molecule has 0 radical (unpaired) electrons. The number of anilines is 3. The Balaban J connectivity index is 0.976. The van der Waals surface area contributed by atoms with Gasteiger partial charge >= 0.3 is 0 Å². The number of hydrogen-bond donors (Lipinski definition) is 0. The van der Waals surface area contributed by atoms with E-state index in [1.54, 1.807) is 0 Å². The van der Waals surface area contributed by atoms with Gasteiger partial charge in [-0.2, -0.15) is 0 Å². The van der Waals surface area contributed by atoms with Gasteiger partial charge in [-0.15, -0.1) is 11.3 Å². The normalized spacial score (nSPS) is 12.7. The molecule has 13 aromatic rings. The zero-order chi connectivity index (χ0) is 46.2. The highest BCUT2D eigenvalue weighted by atomic mass is 32.1. The molecule has 0 fully saturated rings. The van der Waals surface area contributed by atoms with E-state index in [4.69, 9.17) is 0 Å². The highest BCUT2D eigenvalue weighted by Crippen LogP contribution is 2.57. The summed E-state index contributed by atoms with van der Waals surface area (Å²) >= 11 is 1.89. The van der Waals surface area contributed by atoms with Gasteiger partial charge in [0.05, 0.1) is 16.4 Å². The van der Waals surface area contributed by atoms with Crippen molar-refractivity contribution in [2.24, 2.45) is 0 Å². The van der Waals surface area contributed by atoms with Crippen LogP contribution in [-0.2, 0) is 5.41 Å². The minimum Gasteiger partial charge on any atom is -0.310 e. The van der Waals surface area contributed by atoms with Crippen LogP contribution >= 0.6 is 11.3 Å². The molecule has 2 aromatic heterocycles. The largest absolute Gasteiger partial charge is 0.310 e. The minimum absolute atomic E-state index is 0.519. The minimum atomic E-state index is -0.519. The van der Waals surface area contributed by atoms with E-state index >= 15 is 0 Å². The van der Waals surface area contributed by atoms with Crippen molar-refractivity contribution in [3.05, 3.63) is 289 Å². The number of para-hydroxylation sites is 2. The van der Waals surface area contributed by atoms with E-state index in [0.717, 1.165) is 17.1 Å². The van der Waals surface area contributed by atoms with Crippen molar-refractivity contribution in [1.82, 2.24) is 4.57 Å². The maximum absolute atomic E-state index is 2.47. The fourth-order valence-corrected chi connectivity index (χ4v) is 12.9. The van der Waals surface area contributed by atoms with Crippen molar-refractivity contribution in [1.29, 1.82) is 0 Å². The van der Waals surface area contributed by atoms with Gasteiger partial charge in [-0.25, -0.2) is 0 Å². The first-order chi connectivity index (χ1) is 34.7. The van der Waals surface area contributed by atoms with E-state index in [9.17, 15) is 0 Å². The lowest BCUT2D eigenvalue weighted by Gasteiger charge is -2.35. The van der Waals surface area contributed by atoms with Gasteiger partial charge in [-0.05, 0) is 117 Å². The predicted molar refractivity (Wildman–Crippen MR) is 297 cm³/mol. The summed E-state index contributed by atoms with van der Waals surface area (Å²) in [5.74, 6) is 0. The van der Waals surface area contributed by atoms with Crippen molar-refractivity contribution >= 4 is 70.4 Å². The lowest BCUT2D eigenvalue weighted by molar-refractivity contribution is 0.768. The van der Waals surface area contributed by atoms with E-state index < -0.39 is 5.41 Å². The van der Waals surface area contributed by atoms with E-state index in [-0.39, 0.29) is 0 Å². The lowest BCUT2D eigenvalue weighted by Crippen LogP contribution is -2.28. The maximum atomic E-state index is 2.47. The number of fused-ring (bicyclic) bond motifs is 10. The average Bonchev–Trinajstić information content (AvgIpc) is 4.09. The number of hydrogen-bond acceptors (Lipinski definition) is 2. The lowest BCUT2D eigenvalue weighted by atomic mass is 9.67. The van der Waals surface area contributed by atoms with E-state index in [0.29, 0.717) is 0 Å². The smallest absolute Gasteiger partial charge is 0.0714 e. The topological polar surface area (TPSA) is 8.17 Å². The van der Waals surface area contributed by atoms with Crippen LogP contribution in [0.3, 0.4) is 0 Å². The summed E-state index contributed by atoms with van der Waals surface area (Å²) in [5, 5.41) is 5.10. The Morgan fingerprint density at radius 3 is 1.59 bits per heavy atom. The number of aromatic nitrogens is 1. The standard InChI is InChI=1S/C67H44N2S/c1-5-19-45(20-6-1)46-33-37-51(38-34-46)68(53-41-42-55-54-27-13-16-30-60(54)67(61(55)43-53,48-21-7-2-8-22-48)49-23-9-3-10-24-49)52-39-35-47(36-40-52)58-44-59-56-28-14-17-31-62(56)69(50-25-11-4-12-26-50)65(59)64-57-29-15-18-32-63(57)70-66(58)64/h1-44H. The molecular formula is C67H44N2S. The Kier molecular flexibility index (Phi) is 9.33. The van der Waals surface area contributed by atoms with Crippen molar-refractivity contribution < 1.29 is 0 Å². The van der Waals surface area contributed by atoms with Gasteiger partial charge in [-0.1, -0.05) is 200 Å². The van der Waals surface area contributed by atoms with Gasteiger partial charge in [0, 0.05) is 59.3 Å². The predicted octanol–water partition coefficient (Wildman–Crippen LogP) is 18.3. The summed E-state index contributed by atoms with van der Waals surface area (Å²) in [6.07, 6.45) is 0. The van der Waals surface area contributed by atoms with Gasteiger partial charge in [0.25, 0.3) is 0 Å². The molecule has 0 bridgehead atoms. The summed E-state index contributed by atoms with van der Waals surface area (Å²) < 4.78 is 5.06. The molecule has 0 amide bonds. The number of rotatable bonds is 8. The van der Waals surface area contributed by atoms with Gasteiger partial charge in [0.2, 0.25) is 0 Å². The van der Waals surface area contributed by atoms with Crippen molar-refractivity contribution in [2.75, 3.05) is 4.90 Å². The second kappa shape index (κ2) is 16.2. The highest BCUT2D eigenvalue weighted by molar-refractivity contribution is 7.26. The monoisotopic (exact) mass is 908 g/mol. The molecule has 3 heteroatoms. The highest BCUT2D eigenvalue weighted by Gasteiger charge is 2.46. The first-order valence-corrected chi connectivity index (χ1v) is 24.9. The summed E-state index contributed by atoms with van der Waals surface area (Å²) in [6, 6.07) is 98.4. The second-order valence-electron chi connectivity index (χ2n) is 18.4. The molecule has 2 heterocycles. The molecule has 0 saturated heterocycles. The zero-order valence-corrected chi connectivity index (χ0v) is 39.0. The first kappa shape index (κ1) is 40.3. The molecule has 0 spiro atoms. The third-order valence-corrected chi connectivity index (χ3v) is 15.9. The summed E-state index contributed by atoms with van der Waals surface area (Å²) in [5.41, 5.74) is 18.8. The number of nitrogens with zero attached hydrogens (tertiary/aromatic N) is 2. The van der Waals surface area contributed by atoms with E-state index in [1.807, 2.05) is 11.3 Å². The van der Waals surface area contributed by atoms with E-state index in [1.165, 1.54) is 103 Å². The van der Waals surface area contributed by atoms with Crippen LogP contribution in [0.25, 0.3) is 81.0 Å². The molecule has 0 atom stereocenters. The fraction of sp³-hybridized carbons (Fsp3) is 0.0149. The second-order valence-corrected chi connectivity index (χ2v) is 19.4. The third-order valence-electron chi connectivity index (χ3n) is 14.7. The zero-order valence-electron chi connectivity index (χ0n) is 38.2. The number of benzene rings is 11. The van der Waals surface area contributed by atoms with Crippen LogP contribution in [0, 0.1) is 0 Å². The molecule has 0 aliphatic heterocycles. The Labute approximate surface area is 411 Å². The molecular weight excluding hydrogens is 865 g/mol. The SMILES string of the molecule is c1ccc(-c2ccc(N(c3ccc(-c4cc5c6ccccc6n(-c6ccccc6)c5c5c4sc4ccccc45)cc3)c3ccc4c(c3)C(c3ccccc3)(c3ccccc3)c3ccccc3-4)cc2)cc1. The van der Waals surface area contributed by atoms with Crippen molar-refractivity contribution in [3.8, 4) is 39.1 Å². The maximum Gasteiger partial charge on any atom is 0.0714 e. The van der Waals surface area contributed by atoms with Crippen molar-refractivity contribution in [2.45, 2.75) is 5.41 Å². The molecule has 1 aliphatic carbocycles. The van der Waals surface area contributed by atoms with Crippen LogP contribution in [-0.4, -0.2) is 4.57 Å². The summed E-state index contributed by atoms with van der Waals surface area (Å²) in [7, 11) is 0. The van der Waals surface area contributed by atoms with E-state index in [2.05, 4.69) is 276 Å². The van der Waals surface area contributed by atoms with Crippen LogP contribution in [0.1, 0.15) is 22.3 Å². The average molecular weight is 909 g/mol. The molecule has 328 valence electrons. The number of thiophene rings is 1. The molecule has 0 saturated carbocycles. The molecule has 0 unspecified atom stereocenters.